The molecule has 0 unspecified atom stereocenters. The number of benzene rings is 2. The Labute approximate surface area is 136 Å². The summed E-state index contributed by atoms with van der Waals surface area (Å²) >= 11 is 11.7. The van der Waals surface area contributed by atoms with E-state index in [1.165, 1.54) is 47.9 Å². The molecule has 0 saturated carbocycles. The zero-order valence-corrected chi connectivity index (χ0v) is 13.2. The fourth-order valence-corrected chi connectivity index (χ4v) is 3.47. The van der Waals surface area contributed by atoms with Gasteiger partial charge in [0.2, 0.25) is 0 Å². The summed E-state index contributed by atoms with van der Waals surface area (Å²) in [7, 11) is -3.92. The molecule has 0 heterocycles. The number of carbonyl (C=O) groups is 1. The maximum Gasteiger partial charge on any atom is 0.274 e. The van der Waals surface area contributed by atoms with Gasteiger partial charge in [-0.25, -0.2) is 13.9 Å². The van der Waals surface area contributed by atoms with Gasteiger partial charge in [-0.2, -0.15) is 0 Å². The maximum absolute atomic E-state index is 12.3. The van der Waals surface area contributed by atoms with Gasteiger partial charge in [0.15, 0.2) is 0 Å². The van der Waals surface area contributed by atoms with Gasteiger partial charge < -0.3 is 0 Å². The van der Waals surface area contributed by atoms with Crippen LogP contribution >= 0.6 is 23.2 Å². The molecule has 0 atom stereocenters. The number of hydrogen-bond donors (Lipinski definition) is 3. The van der Waals surface area contributed by atoms with Crippen LogP contribution in [-0.4, -0.2) is 19.5 Å². The van der Waals surface area contributed by atoms with E-state index in [4.69, 9.17) is 28.4 Å². The van der Waals surface area contributed by atoms with E-state index in [0.717, 1.165) is 0 Å². The molecule has 116 valence electrons. The van der Waals surface area contributed by atoms with E-state index in [9.17, 15) is 13.2 Å². The van der Waals surface area contributed by atoms with E-state index in [2.05, 4.69) is 4.72 Å². The molecule has 9 heteroatoms. The highest BCUT2D eigenvalue weighted by atomic mass is 35.5. The average Bonchev–Trinajstić information content (AvgIpc) is 2.49. The van der Waals surface area contributed by atoms with Crippen LogP contribution in [0.3, 0.4) is 0 Å². The summed E-state index contributed by atoms with van der Waals surface area (Å²) < 4.78 is 26.9. The van der Waals surface area contributed by atoms with Crippen LogP contribution in [0, 0.1) is 0 Å². The van der Waals surface area contributed by atoms with Crippen LogP contribution < -0.4 is 10.2 Å². The predicted octanol–water partition coefficient (Wildman–Crippen LogP) is 2.91. The number of carbonyl (C=O) groups excluding carboxylic acids is 1. The largest absolute Gasteiger partial charge is 0.288 e. The van der Waals surface area contributed by atoms with Crippen LogP contribution in [0.15, 0.2) is 47.4 Å². The Morgan fingerprint density at radius 3 is 2.27 bits per heavy atom. The highest BCUT2D eigenvalue weighted by Crippen LogP contribution is 2.26. The Morgan fingerprint density at radius 2 is 1.68 bits per heavy atom. The van der Waals surface area contributed by atoms with E-state index in [1.54, 1.807) is 0 Å². The monoisotopic (exact) mass is 360 g/mol. The van der Waals surface area contributed by atoms with Crippen LogP contribution in [0.25, 0.3) is 0 Å². The molecule has 0 saturated heterocycles. The molecular formula is C13H10Cl2N2O4S. The van der Waals surface area contributed by atoms with Crippen molar-refractivity contribution >= 4 is 44.8 Å². The Kier molecular flexibility index (Phi) is 4.92. The van der Waals surface area contributed by atoms with Crippen molar-refractivity contribution in [2.75, 3.05) is 4.72 Å². The first-order valence-electron chi connectivity index (χ1n) is 5.86. The molecule has 2 rings (SSSR count). The van der Waals surface area contributed by atoms with Crippen molar-refractivity contribution in [3.8, 4) is 0 Å². The molecule has 1 amide bonds. The zero-order chi connectivity index (χ0) is 16.3. The molecule has 3 N–H and O–H groups in total. The first-order valence-corrected chi connectivity index (χ1v) is 8.10. The molecule has 22 heavy (non-hydrogen) atoms. The Morgan fingerprint density at radius 1 is 1.05 bits per heavy atom. The van der Waals surface area contributed by atoms with Crippen molar-refractivity contribution in [1.29, 1.82) is 0 Å². The topological polar surface area (TPSA) is 95.5 Å². The van der Waals surface area contributed by atoms with Crippen LogP contribution in [0.2, 0.25) is 10.0 Å². The van der Waals surface area contributed by atoms with Crippen molar-refractivity contribution < 1.29 is 18.4 Å². The Hall–Kier alpha value is -1.80. The lowest BCUT2D eigenvalue weighted by atomic mass is 10.2. The van der Waals surface area contributed by atoms with Gasteiger partial charge >= 0.3 is 0 Å². The van der Waals surface area contributed by atoms with E-state index < -0.39 is 15.9 Å². The predicted molar refractivity (Wildman–Crippen MR) is 83.0 cm³/mol. The van der Waals surface area contributed by atoms with Gasteiger partial charge in [0.05, 0.1) is 5.02 Å². The lowest BCUT2D eigenvalue weighted by Gasteiger charge is -2.10. The fourth-order valence-electron chi connectivity index (χ4n) is 1.65. The quantitative estimate of drug-likeness (QED) is 0.576. The number of anilines is 1. The van der Waals surface area contributed by atoms with Gasteiger partial charge in [-0.1, -0.05) is 23.2 Å². The molecule has 0 aliphatic carbocycles. The third-order valence-electron chi connectivity index (χ3n) is 2.68. The van der Waals surface area contributed by atoms with Crippen LogP contribution in [-0.2, 0) is 10.0 Å². The summed E-state index contributed by atoms with van der Waals surface area (Å²) in [6.45, 7) is 0. The summed E-state index contributed by atoms with van der Waals surface area (Å²) in [5.41, 5.74) is 1.88. The second kappa shape index (κ2) is 6.53. The number of sulfonamides is 1. The molecule has 0 aromatic heterocycles. The molecule has 6 nitrogen and oxygen atoms in total. The number of amides is 1. The van der Waals surface area contributed by atoms with Crippen LogP contribution in [0.1, 0.15) is 10.4 Å². The number of rotatable bonds is 4. The minimum atomic E-state index is -3.92. The first-order chi connectivity index (χ1) is 10.3. The number of nitrogens with one attached hydrogen (secondary N) is 2. The third kappa shape index (κ3) is 3.69. The highest BCUT2D eigenvalue weighted by molar-refractivity contribution is 7.92. The highest BCUT2D eigenvalue weighted by Gasteiger charge is 2.18. The number of hydroxylamine groups is 1. The van der Waals surface area contributed by atoms with Gasteiger partial charge in [-0.05, 0) is 42.5 Å². The Balaban J connectivity index is 2.29. The van der Waals surface area contributed by atoms with E-state index in [0.29, 0.717) is 0 Å². The van der Waals surface area contributed by atoms with Crippen molar-refractivity contribution in [3.63, 3.8) is 0 Å². The lowest BCUT2D eigenvalue weighted by molar-refractivity contribution is 0.0706. The minimum absolute atomic E-state index is 0.0354. The summed E-state index contributed by atoms with van der Waals surface area (Å²) in [6.07, 6.45) is 0. The molecule has 0 radical (unpaired) electrons. The van der Waals surface area contributed by atoms with E-state index in [-0.39, 0.29) is 26.2 Å². The average molecular weight is 361 g/mol. The smallest absolute Gasteiger partial charge is 0.274 e. The molecule has 0 spiro atoms. The second-order valence-electron chi connectivity index (χ2n) is 4.20. The van der Waals surface area contributed by atoms with Crippen LogP contribution in [0.4, 0.5) is 5.69 Å². The number of hydrogen-bond acceptors (Lipinski definition) is 4. The standard InChI is InChI=1S/C13H10Cl2N2O4S/c14-9-3-6-11(15)12(7-9)22(20,21)17-10-4-1-8(2-5-10)13(18)16-19/h1-7,17,19H,(H,16,18). The van der Waals surface area contributed by atoms with Gasteiger partial charge in [0.25, 0.3) is 15.9 Å². The molecule has 0 fully saturated rings. The SMILES string of the molecule is O=C(NO)c1ccc(NS(=O)(=O)c2cc(Cl)ccc2Cl)cc1. The lowest BCUT2D eigenvalue weighted by Crippen LogP contribution is -2.18. The van der Waals surface area contributed by atoms with Crippen molar-refractivity contribution in [1.82, 2.24) is 5.48 Å². The molecule has 0 bridgehead atoms. The summed E-state index contributed by atoms with van der Waals surface area (Å²) in [4.78, 5) is 11.0. The van der Waals surface area contributed by atoms with Gasteiger partial charge in [-0.3, -0.25) is 14.7 Å². The Bertz CT molecular complexity index is 807. The third-order valence-corrected chi connectivity index (χ3v) is 4.78. The van der Waals surface area contributed by atoms with Crippen molar-refractivity contribution in [3.05, 3.63) is 58.1 Å². The fraction of sp³-hybridized carbons (Fsp3) is 0. The molecular weight excluding hydrogens is 351 g/mol. The maximum atomic E-state index is 12.3. The van der Waals surface area contributed by atoms with Crippen molar-refractivity contribution in [2.45, 2.75) is 4.90 Å². The normalized spacial score (nSPS) is 11.0. The summed E-state index contributed by atoms with van der Waals surface area (Å²) in [5.74, 6) is -0.702. The van der Waals surface area contributed by atoms with Gasteiger partial charge in [0.1, 0.15) is 4.90 Å². The van der Waals surface area contributed by atoms with E-state index in [1.807, 2.05) is 0 Å². The summed E-state index contributed by atoms with van der Waals surface area (Å²) in [6, 6.07) is 9.55. The van der Waals surface area contributed by atoms with E-state index >= 15 is 0 Å². The molecule has 0 aliphatic heterocycles. The van der Waals surface area contributed by atoms with Crippen LogP contribution in [0.5, 0.6) is 0 Å². The molecule has 0 aliphatic rings. The van der Waals surface area contributed by atoms with Crippen molar-refractivity contribution in [2.24, 2.45) is 0 Å². The van der Waals surface area contributed by atoms with Gasteiger partial charge in [0, 0.05) is 16.3 Å². The van der Waals surface area contributed by atoms with Gasteiger partial charge in [-0.15, -0.1) is 0 Å². The molecule has 2 aromatic carbocycles. The zero-order valence-electron chi connectivity index (χ0n) is 10.9. The second-order valence-corrected chi connectivity index (χ2v) is 6.69. The first kappa shape index (κ1) is 16.6. The molecule has 2 aromatic rings. The number of halogens is 2. The summed E-state index contributed by atoms with van der Waals surface area (Å²) in [5, 5.41) is 8.78. The minimum Gasteiger partial charge on any atom is -0.288 e.